The number of carboxylic acids is 1. The molecule has 2 fully saturated rings. The maximum atomic E-state index is 10.4. The molecule has 3 nitrogen and oxygen atoms in total. The molecule has 2 N–H and O–H groups in total. The van der Waals surface area contributed by atoms with Gasteiger partial charge in [-0.3, -0.25) is 4.79 Å². The lowest BCUT2D eigenvalue weighted by Crippen LogP contribution is -2.45. The van der Waals surface area contributed by atoms with Gasteiger partial charge >= 0.3 is 5.97 Å². The van der Waals surface area contributed by atoms with Crippen LogP contribution < -0.4 is 5.32 Å². The molecule has 0 radical (unpaired) electrons. The predicted octanol–water partition coefficient (Wildman–Crippen LogP) is 0.602. The largest absolute Gasteiger partial charge is 0.481 e. The van der Waals surface area contributed by atoms with E-state index in [0.717, 1.165) is 18.9 Å². The van der Waals surface area contributed by atoms with Crippen molar-refractivity contribution >= 4 is 5.97 Å². The fraction of sp³-hybridized carbons (Fsp3) is 0.875. The molecule has 0 amide bonds. The molecule has 0 spiro atoms. The standard InChI is InChI=1S/C8H13NO2/c10-8(11)5-3-7(4-5)9-6-1-2-6/h5-7,9H,1-4H2,(H,10,11). The van der Waals surface area contributed by atoms with Crippen LogP contribution >= 0.6 is 0 Å². The molecule has 0 heterocycles. The van der Waals surface area contributed by atoms with Gasteiger partial charge in [0.1, 0.15) is 0 Å². The van der Waals surface area contributed by atoms with Crippen molar-refractivity contribution in [3.8, 4) is 0 Å². The summed E-state index contributed by atoms with van der Waals surface area (Å²) >= 11 is 0. The van der Waals surface area contributed by atoms with Gasteiger partial charge in [0.2, 0.25) is 0 Å². The molecule has 2 saturated carbocycles. The van der Waals surface area contributed by atoms with E-state index < -0.39 is 5.97 Å². The highest BCUT2D eigenvalue weighted by atomic mass is 16.4. The first-order valence-corrected chi connectivity index (χ1v) is 4.24. The highest BCUT2D eigenvalue weighted by molar-refractivity contribution is 5.71. The summed E-state index contributed by atoms with van der Waals surface area (Å²) in [6, 6.07) is 1.22. The Balaban J connectivity index is 1.66. The van der Waals surface area contributed by atoms with Crippen LogP contribution in [-0.4, -0.2) is 23.2 Å². The van der Waals surface area contributed by atoms with Crippen molar-refractivity contribution in [2.75, 3.05) is 0 Å². The highest BCUT2D eigenvalue weighted by Gasteiger charge is 2.37. The van der Waals surface area contributed by atoms with E-state index in [-0.39, 0.29) is 5.92 Å². The second kappa shape index (κ2) is 2.48. The Morgan fingerprint density at radius 3 is 2.36 bits per heavy atom. The summed E-state index contributed by atoms with van der Waals surface area (Å²) in [5.74, 6) is -0.690. The molecule has 0 unspecified atom stereocenters. The summed E-state index contributed by atoms with van der Waals surface area (Å²) in [7, 11) is 0. The van der Waals surface area contributed by atoms with Crippen molar-refractivity contribution in [2.24, 2.45) is 5.92 Å². The lowest BCUT2D eigenvalue weighted by atomic mass is 9.80. The van der Waals surface area contributed by atoms with Crippen molar-refractivity contribution in [1.29, 1.82) is 0 Å². The Labute approximate surface area is 65.8 Å². The summed E-state index contributed by atoms with van der Waals surface area (Å²) in [6.07, 6.45) is 4.25. The zero-order chi connectivity index (χ0) is 7.84. The molecular formula is C8H13NO2. The van der Waals surface area contributed by atoms with Crippen LogP contribution in [0, 0.1) is 5.92 Å². The third kappa shape index (κ3) is 1.53. The van der Waals surface area contributed by atoms with Crippen LogP contribution in [0.5, 0.6) is 0 Å². The number of rotatable bonds is 3. The topological polar surface area (TPSA) is 49.3 Å². The molecule has 0 aromatic heterocycles. The Morgan fingerprint density at radius 1 is 1.27 bits per heavy atom. The zero-order valence-corrected chi connectivity index (χ0v) is 6.42. The van der Waals surface area contributed by atoms with Crippen molar-refractivity contribution < 1.29 is 9.90 Å². The Kier molecular flexibility index (Phi) is 1.60. The van der Waals surface area contributed by atoms with E-state index in [0.29, 0.717) is 6.04 Å². The van der Waals surface area contributed by atoms with E-state index in [1.54, 1.807) is 0 Å². The Morgan fingerprint density at radius 2 is 1.91 bits per heavy atom. The molecule has 0 aliphatic heterocycles. The summed E-state index contributed by atoms with van der Waals surface area (Å²) < 4.78 is 0. The smallest absolute Gasteiger partial charge is 0.306 e. The van der Waals surface area contributed by atoms with Gasteiger partial charge in [0.15, 0.2) is 0 Å². The molecule has 0 atom stereocenters. The summed E-state index contributed by atoms with van der Waals surface area (Å²) in [4.78, 5) is 10.4. The third-order valence-electron chi connectivity index (χ3n) is 2.54. The normalized spacial score (nSPS) is 36.4. The molecule has 0 aromatic rings. The van der Waals surface area contributed by atoms with E-state index in [1.165, 1.54) is 12.8 Å². The maximum absolute atomic E-state index is 10.4. The van der Waals surface area contributed by atoms with E-state index in [4.69, 9.17) is 5.11 Å². The van der Waals surface area contributed by atoms with Gasteiger partial charge in [-0.15, -0.1) is 0 Å². The maximum Gasteiger partial charge on any atom is 0.306 e. The third-order valence-corrected chi connectivity index (χ3v) is 2.54. The average Bonchev–Trinajstić information content (AvgIpc) is 2.58. The van der Waals surface area contributed by atoms with Crippen molar-refractivity contribution in [2.45, 2.75) is 37.8 Å². The lowest BCUT2D eigenvalue weighted by Gasteiger charge is -2.33. The fourth-order valence-electron chi connectivity index (χ4n) is 1.54. The van der Waals surface area contributed by atoms with Crippen LogP contribution in [0.1, 0.15) is 25.7 Å². The number of carboxylic acid groups (broad SMARTS) is 1. The molecular weight excluding hydrogens is 142 g/mol. The number of hydrogen-bond acceptors (Lipinski definition) is 2. The minimum absolute atomic E-state index is 0.0637. The molecule has 62 valence electrons. The lowest BCUT2D eigenvalue weighted by molar-refractivity contribution is -0.145. The van der Waals surface area contributed by atoms with Gasteiger partial charge in [0.05, 0.1) is 5.92 Å². The molecule has 2 aliphatic carbocycles. The van der Waals surface area contributed by atoms with Gasteiger partial charge in [-0.2, -0.15) is 0 Å². The van der Waals surface area contributed by atoms with E-state index in [2.05, 4.69) is 5.32 Å². The van der Waals surface area contributed by atoms with Crippen LogP contribution in [0.2, 0.25) is 0 Å². The molecule has 2 aliphatic rings. The first-order chi connectivity index (χ1) is 5.25. The van der Waals surface area contributed by atoms with Crippen molar-refractivity contribution in [3.63, 3.8) is 0 Å². The van der Waals surface area contributed by atoms with Crippen LogP contribution in [-0.2, 0) is 4.79 Å². The van der Waals surface area contributed by atoms with Gasteiger partial charge in [0.25, 0.3) is 0 Å². The molecule has 3 heteroatoms. The zero-order valence-electron chi connectivity index (χ0n) is 6.42. The van der Waals surface area contributed by atoms with Crippen molar-refractivity contribution in [1.82, 2.24) is 5.32 Å². The molecule has 0 aromatic carbocycles. The van der Waals surface area contributed by atoms with E-state index in [9.17, 15) is 4.79 Å². The van der Waals surface area contributed by atoms with Crippen LogP contribution in [0.4, 0.5) is 0 Å². The van der Waals surface area contributed by atoms with Gasteiger partial charge in [0, 0.05) is 12.1 Å². The SMILES string of the molecule is O=C(O)C1CC(NC2CC2)C1. The first kappa shape index (κ1) is 7.10. The number of aliphatic carboxylic acids is 1. The Bertz CT molecular complexity index is 171. The van der Waals surface area contributed by atoms with Gasteiger partial charge in [-0.05, 0) is 25.7 Å². The number of nitrogens with one attached hydrogen (secondary N) is 1. The van der Waals surface area contributed by atoms with E-state index >= 15 is 0 Å². The summed E-state index contributed by atoms with van der Waals surface area (Å²) in [5, 5.41) is 12.0. The number of hydrogen-bond donors (Lipinski definition) is 2. The van der Waals surface area contributed by atoms with E-state index in [1.807, 2.05) is 0 Å². The van der Waals surface area contributed by atoms with Gasteiger partial charge < -0.3 is 10.4 Å². The minimum atomic E-state index is -0.626. The first-order valence-electron chi connectivity index (χ1n) is 4.24. The monoisotopic (exact) mass is 155 g/mol. The Hall–Kier alpha value is -0.570. The summed E-state index contributed by atoms with van der Waals surface area (Å²) in [6.45, 7) is 0. The molecule has 2 rings (SSSR count). The number of carbonyl (C=O) groups is 1. The fourth-order valence-corrected chi connectivity index (χ4v) is 1.54. The molecule has 0 saturated heterocycles. The second-order valence-electron chi connectivity index (χ2n) is 3.64. The minimum Gasteiger partial charge on any atom is -0.481 e. The predicted molar refractivity (Wildman–Crippen MR) is 40.3 cm³/mol. The molecule has 0 bridgehead atoms. The quantitative estimate of drug-likeness (QED) is 0.627. The average molecular weight is 155 g/mol. The van der Waals surface area contributed by atoms with Crippen LogP contribution in [0.15, 0.2) is 0 Å². The highest BCUT2D eigenvalue weighted by Crippen LogP contribution is 2.31. The van der Waals surface area contributed by atoms with Crippen LogP contribution in [0.25, 0.3) is 0 Å². The second-order valence-corrected chi connectivity index (χ2v) is 3.64. The summed E-state index contributed by atoms with van der Waals surface area (Å²) in [5.41, 5.74) is 0. The molecule has 11 heavy (non-hydrogen) atoms. The van der Waals surface area contributed by atoms with Crippen molar-refractivity contribution in [3.05, 3.63) is 0 Å². The van der Waals surface area contributed by atoms with Crippen LogP contribution in [0.3, 0.4) is 0 Å². The van der Waals surface area contributed by atoms with Gasteiger partial charge in [-0.1, -0.05) is 0 Å². The van der Waals surface area contributed by atoms with Gasteiger partial charge in [-0.25, -0.2) is 0 Å².